The molecule has 0 amide bonds. The van der Waals surface area contributed by atoms with E-state index >= 15 is 0 Å². The molecule has 2 aromatic rings. The number of carboxylic acids is 1. The van der Waals surface area contributed by atoms with Gasteiger partial charge in [-0.05, 0) is 44.5 Å². The predicted octanol–water partition coefficient (Wildman–Crippen LogP) is 5.30. The summed E-state index contributed by atoms with van der Waals surface area (Å²) in [5.41, 5.74) is -0.0961. The number of alkyl halides is 3. The number of fused-ring (bicyclic) bond motifs is 1. The molecule has 5 nitrogen and oxygen atoms in total. The highest BCUT2D eigenvalue weighted by Crippen LogP contribution is 2.36. The largest absolute Gasteiger partial charge is 0.489 e. The molecule has 9 heteroatoms. The summed E-state index contributed by atoms with van der Waals surface area (Å²) in [6.45, 7) is 4.62. The van der Waals surface area contributed by atoms with Crippen LogP contribution in [-0.4, -0.2) is 42.2 Å². The summed E-state index contributed by atoms with van der Waals surface area (Å²) in [7, 11) is 0. The number of carbonyl (C=O) groups is 1. The molecule has 1 atom stereocenters. The molecule has 0 bridgehead atoms. The second-order valence-electron chi connectivity index (χ2n) is 9.18. The minimum Gasteiger partial charge on any atom is -0.489 e. The van der Waals surface area contributed by atoms with Crippen molar-refractivity contribution < 1.29 is 36.9 Å². The number of hydrogen-bond acceptors (Lipinski definition) is 4. The fraction of sp³-hybridized carbons (Fsp3) is 0.400. The number of aliphatic carboxylic acids is 1. The van der Waals surface area contributed by atoms with Crippen LogP contribution in [0.3, 0.4) is 0 Å². The summed E-state index contributed by atoms with van der Waals surface area (Å²) in [5.74, 6) is -1.13. The van der Waals surface area contributed by atoms with Gasteiger partial charge in [0.25, 0.3) is 0 Å². The molecule has 2 aliphatic heterocycles. The van der Waals surface area contributed by atoms with Gasteiger partial charge < -0.3 is 14.6 Å². The summed E-state index contributed by atoms with van der Waals surface area (Å²) < 4.78 is 66.0. The van der Waals surface area contributed by atoms with Gasteiger partial charge in [0.2, 0.25) is 0 Å². The summed E-state index contributed by atoms with van der Waals surface area (Å²) >= 11 is 0. The van der Waals surface area contributed by atoms with Gasteiger partial charge in [0.15, 0.2) is 0 Å². The van der Waals surface area contributed by atoms with Crippen LogP contribution in [0.15, 0.2) is 35.9 Å². The van der Waals surface area contributed by atoms with Crippen LogP contribution in [0.25, 0.3) is 6.08 Å². The first kappa shape index (κ1) is 24.1. The lowest BCUT2D eigenvalue weighted by Gasteiger charge is -2.24. The van der Waals surface area contributed by atoms with E-state index in [1.165, 1.54) is 12.1 Å². The highest BCUT2D eigenvalue weighted by molar-refractivity contribution is 5.75. The van der Waals surface area contributed by atoms with Gasteiger partial charge in [-0.25, -0.2) is 4.39 Å². The topological polar surface area (TPSA) is 59.0 Å². The van der Waals surface area contributed by atoms with Gasteiger partial charge in [-0.2, -0.15) is 13.2 Å². The highest BCUT2D eigenvalue weighted by Gasteiger charge is 2.40. The zero-order valence-corrected chi connectivity index (χ0v) is 18.8. The van der Waals surface area contributed by atoms with Gasteiger partial charge in [-0.15, -0.1) is 0 Å². The molecule has 1 saturated heterocycles. The number of ether oxygens (including phenoxy) is 2. The lowest BCUT2D eigenvalue weighted by atomic mass is 9.90. The normalized spacial score (nSPS) is 20.5. The highest BCUT2D eigenvalue weighted by atomic mass is 19.4. The molecular weight excluding hydrogens is 454 g/mol. The van der Waals surface area contributed by atoms with Crippen molar-refractivity contribution in [2.45, 2.75) is 33.1 Å². The zero-order chi connectivity index (χ0) is 24.7. The minimum absolute atomic E-state index is 0.0432. The van der Waals surface area contributed by atoms with Crippen LogP contribution in [-0.2, 0) is 17.6 Å². The van der Waals surface area contributed by atoms with E-state index in [4.69, 9.17) is 9.47 Å². The van der Waals surface area contributed by atoms with E-state index in [0.717, 1.165) is 17.7 Å². The third-order valence-electron chi connectivity index (χ3n) is 6.29. The van der Waals surface area contributed by atoms with Crippen molar-refractivity contribution in [3.05, 3.63) is 64.0 Å². The Morgan fingerprint density at radius 2 is 2.03 bits per heavy atom. The number of carboxylic acid groups (broad SMARTS) is 1. The van der Waals surface area contributed by atoms with Crippen LogP contribution in [0.2, 0.25) is 0 Å². The summed E-state index contributed by atoms with van der Waals surface area (Å²) in [6.07, 6.45) is -2.30. The van der Waals surface area contributed by atoms with Gasteiger partial charge in [0.1, 0.15) is 30.5 Å². The van der Waals surface area contributed by atoms with Crippen molar-refractivity contribution in [1.29, 1.82) is 0 Å². The standard InChI is InChI=1S/C25H25F4NO4/c1-15-3-4-17(20(7-15)25(27,28)29)13-33-18-9-21(26)19-8-16(12-34-22(19)10-18)11-30-6-5-24(2,14-30)23(31)32/h3-4,7-10H,5-6,11-14H2,1-2H3,(H,31,32). The first-order chi connectivity index (χ1) is 15.9. The van der Waals surface area contributed by atoms with Crippen molar-refractivity contribution in [3.63, 3.8) is 0 Å². The molecule has 0 aromatic heterocycles. The third kappa shape index (κ3) is 5.04. The number of rotatable bonds is 6. The third-order valence-corrected chi connectivity index (χ3v) is 6.29. The Morgan fingerprint density at radius 1 is 1.26 bits per heavy atom. The number of benzene rings is 2. The number of halogens is 4. The van der Waals surface area contributed by atoms with Crippen molar-refractivity contribution in [1.82, 2.24) is 4.90 Å². The molecule has 2 aliphatic rings. The van der Waals surface area contributed by atoms with Gasteiger partial charge in [0.05, 0.1) is 16.5 Å². The molecule has 4 rings (SSSR count). The van der Waals surface area contributed by atoms with Gasteiger partial charge in [-0.3, -0.25) is 9.69 Å². The first-order valence-corrected chi connectivity index (χ1v) is 10.9. The van der Waals surface area contributed by atoms with E-state index in [0.29, 0.717) is 31.6 Å². The Balaban J connectivity index is 1.47. The molecule has 0 aliphatic carbocycles. The van der Waals surface area contributed by atoms with Crippen LogP contribution >= 0.6 is 0 Å². The van der Waals surface area contributed by atoms with Crippen molar-refractivity contribution in [3.8, 4) is 11.5 Å². The average Bonchev–Trinajstić information content (AvgIpc) is 3.14. The maximum absolute atomic E-state index is 14.8. The molecule has 2 aromatic carbocycles. The maximum Gasteiger partial charge on any atom is 0.416 e. The molecule has 0 spiro atoms. The first-order valence-electron chi connectivity index (χ1n) is 10.9. The van der Waals surface area contributed by atoms with E-state index in [-0.39, 0.29) is 35.8 Å². The van der Waals surface area contributed by atoms with Crippen LogP contribution in [0.1, 0.15) is 35.6 Å². The van der Waals surface area contributed by atoms with Gasteiger partial charge >= 0.3 is 12.1 Å². The predicted molar refractivity (Wildman–Crippen MR) is 117 cm³/mol. The summed E-state index contributed by atoms with van der Waals surface area (Å²) in [6, 6.07) is 6.56. The Labute approximate surface area is 194 Å². The Bertz CT molecular complexity index is 1140. The number of aryl methyl sites for hydroxylation is 1. The molecule has 1 fully saturated rings. The lowest BCUT2D eigenvalue weighted by Crippen LogP contribution is -2.33. The fourth-order valence-electron chi connectivity index (χ4n) is 4.31. The Kier molecular flexibility index (Phi) is 6.33. The van der Waals surface area contributed by atoms with E-state index in [1.54, 1.807) is 26.0 Å². The van der Waals surface area contributed by atoms with Crippen molar-refractivity contribution in [2.24, 2.45) is 5.41 Å². The SMILES string of the molecule is Cc1ccc(COc2cc(F)c3c(c2)OCC(CN2CCC(C)(C(=O)O)C2)=C3)c(C(F)(F)F)c1. The number of nitrogens with zero attached hydrogens (tertiary/aromatic N) is 1. The monoisotopic (exact) mass is 479 g/mol. The quantitative estimate of drug-likeness (QED) is 0.570. The van der Waals surface area contributed by atoms with E-state index in [2.05, 4.69) is 0 Å². The van der Waals surface area contributed by atoms with Gasteiger partial charge in [-0.1, -0.05) is 17.7 Å². The molecule has 2 heterocycles. The van der Waals surface area contributed by atoms with Crippen molar-refractivity contribution >= 4 is 12.0 Å². The zero-order valence-electron chi connectivity index (χ0n) is 18.8. The fourth-order valence-corrected chi connectivity index (χ4v) is 4.31. The van der Waals surface area contributed by atoms with E-state index < -0.39 is 28.9 Å². The summed E-state index contributed by atoms with van der Waals surface area (Å²) in [5, 5.41) is 9.39. The number of likely N-dealkylation sites (tertiary alicyclic amines) is 1. The van der Waals surface area contributed by atoms with Crippen LogP contribution in [0, 0.1) is 18.2 Å². The van der Waals surface area contributed by atoms with Crippen LogP contribution in [0.5, 0.6) is 11.5 Å². The maximum atomic E-state index is 14.8. The molecule has 1 unspecified atom stereocenters. The van der Waals surface area contributed by atoms with Crippen LogP contribution < -0.4 is 9.47 Å². The molecule has 0 saturated carbocycles. The van der Waals surface area contributed by atoms with E-state index in [9.17, 15) is 27.5 Å². The minimum atomic E-state index is -4.52. The molecule has 0 radical (unpaired) electrons. The Hall–Kier alpha value is -3.07. The average molecular weight is 479 g/mol. The summed E-state index contributed by atoms with van der Waals surface area (Å²) in [4.78, 5) is 13.4. The van der Waals surface area contributed by atoms with E-state index in [1.807, 2.05) is 4.90 Å². The lowest BCUT2D eigenvalue weighted by molar-refractivity contribution is -0.147. The molecule has 34 heavy (non-hydrogen) atoms. The smallest absolute Gasteiger partial charge is 0.416 e. The molecular formula is C25H25F4NO4. The Morgan fingerprint density at radius 3 is 2.71 bits per heavy atom. The number of hydrogen-bond donors (Lipinski definition) is 1. The second-order valence-corrected chi connectivity index (χ2v) is 9.18. The molecule has 182 valence electrons. The van der Waals surface area contributed by atoms with Crippen LogP contribution in [0.4, 0.5) is 17.6 Å². The van der Waals surface area contributed by atoms with Gasteiger partial charge in [0, 0.05) is 30.8 Å². The van der Waals surface area contributed by atoms with Crippen molar-refractivity contribution in [2.75, 3.05) is 26.2 Å². The second kappa shape index (κ2) is 8.94. The molecule has 1 N–H and O–H groups in total.